The molecule has 0 aliphatic carbocycles. The number of furan rings is 1. The monoisotopic (exact) mass is 433 g/mol. The molecule has 1 aliphatic heterocycles. The maximum absolute atomic E-state index is 12.5. The van der Waals surface area contributed by atoms with Crippen molar-refractivity contribution < 1.29 is 17.6 Å². The van der Waals surface area contributed by atoms with Crippen LogP contribution in [-0.4, -0.2) is 49.7 Å². The second-order valence-electron chi connectivity index (χ2n) is 5.37. The van der Waals surface area contributed by atoms with Crippen molar-refractivity contribution in [1.82, 2.24) is 9.21 Å². The zero-order valence-electron chi connectivity index (χ0n) is 12.6. The van der Waals surface area contributed by atoms with E-state index in [1.54, 1.807) is 11.3 Å². The molecule has 24 heavy (non-hydrogen) atoms. The summed E-state index contributed by atoms with van der Waals surface area (Å²) in [7, 11) is -3.74. The molecule has 2 aromatic rings. The lowest BCUT2D eigenvalue weighted by atomic mass is 10.3. The number of halogens is 1. The minimum atomic E-state index is -3.74. The van der Waals surface area contributed by atoms with Gasteiger partial charge < -0.3 is 10.2 Å². The van der Waals surface area contributed by atoms with E-state index < -0.39 is 15.9 Å². The van der Waals surface area contributed by atoms with Crippen LogP contribution in [0.3, 0.4) is 0 Å². The Bertz CT molecular complexity index is 838. The van der Waals surface area contributed by atoms with Gasteiger partial charge in [-0.05, 0) is 40.2 Å². The van der Waals surface area contributed by atoms with Crippen LogP contribution in [0, 0.1) is 0 Å². The molecule has 0 atom stereocenters. The lowest BCUT2D eigenvalue weighted by Crippen LogP contribution is -2.48. The third-order valence-corrected chi connectivity index (χ3v) is 7.14. The van der Waals surface area contributed by atoms with Gasteiger partial charge in [0.25, 0.3) is 15.9 Å². The quantitative estimate of drug-likeness (QED) is 0.773. The van der Waals surface area contributed by atoms with Gasteiger partial charge in [-0.3, -0.25) is 9.69 Å². The van der Waals surface area contributed by atoms with Crippen molar-refractivity contribution in [3.05, 3.63) is 38.7 Å². The number of nitrogens with two attached hydrogens (primary N) is 1. The third kappa shape index (κ3) is 3.72. The number of thiophene rings is 1. The van der Waals surface area contributed by atoms with E-state index >= 15 is 0 Å². The van der Waals surface area contributed by atoms with Crippen molar-refractivity contribution in [3.8, 4) is 0 Å². The molecule has 7 nitrogen and oxygen atoms in total. The van der Waals surface area contributed by atoms with Crippen molar-refractivity contribution in [2.24, 2.45) is 5.73 Å². The van der Waals surface area contributed by atoms with Crippen LogP contribution in [0.2, 0.25) is 0 Å². The van der Waals surface area contributed by atoms with Gasteiger partial charge in [-0.15, -0.1) is 11.3 Å². The summed E-state index contributed by atoms with van der Waals surface area (Å²) >= 11 is 5.11. The summed E-state index contributed by atoms with van der Waals surface area (Å²) in [4.78, 5) is 14.5. The molecule has 1 fully saturated rings. The minimum absolute atomic E-state index is 0.157. The molecule has 0 radical (unpaired) electrons. The van der Waals surface area contributed by atoms with Gasteiger partial charge in [0.15, 0.2) is 5.76 Å². The highest BCUT2D eigenvalue weighted by Gasteiger charge is 2.31. The Morgan fingerprint density at radius 2 is 1.92 bits per heavy atom. The number of piperazine rings is 1. The zero-order chi connectivity index (χ0) is 17.3. The van der Waals surface area contributed by atoms with E-state index in [1.807, 2.05) is 6.07 Å². The maximum atomic E-state index is 12.5. The summed E-state index contributed by atoms with van der Waals surface area (Å²) in [6.07, 6.45) is 0. The molecule has 3 rings (SSSR count). The third-order valence-electron chi connectivity index (χ3n) is 3.76. The molecule has 1 amide bonds. The number of nitrogens with zero attached hydrogens (tertiary/aromatic N) is 2. The van der Waals surface area contributed by atoms with Crippen LogP contribution in [0.25, 0.3) is 0 Å². The average Bonchev–Trinajstić information content (AvgIpc) is 3.17. The second kappa shape index (κ2) is 6.96. The molecular formula is C14H16BrN3O4S2. The molecule has 2 N–H and O–H groups in total. The van der Waals surface area contributed by atoms with Crippen molar-refractivity contribution >= 4 is 43.2 Å². The first-order valence-corrected chi connectivity index (χ1v) is 10.3. The molecule has 0 saturated carbocycles. The molecule has 2 aromatic heterocycles. The first-order valence-electron chi connectivity index (χ1n) is 7.22. The van der Waals surface area contributed by atoms with Gasteiger partial charge in [-0.1, -0.05) is 0 Å². The van der Waals surface area contributed by atoms with Crippen molar-refractivity contribution in [3.63, 3.8) is 0 Å². The summed E-state index contributed by atoms with van der Waals surface area (Å²) in [5, 5.41) is -0.244. The molecule has 1 aliphatic rings. The molecule has 130 valence electrons. The highest BCUT2D eigenvalue weighted by molar-refractivity contribution is 9.11. The fourth-order valence-corrected chi connectivity index (χ4v) is 5.36. The normalized spacial score (nSPS) is 17.2. The molecular weight excluding hydrogens is 418 g/mol. The highest BCUT2D eigenvalue weighted by atomic mass is 79.9. The summed E-state index contributed by atoms with van der Waals surface area (Å²) in [5.74, 6) is -0.945. The number of sulfonamides is 1. The predicted octanol–water partition coefficient (Wildman–Crippen LogP) is 1.71. The highest BCUT2D eigenvalue weighted by Crippen LogP contribution is 2.25. The Morgan fingerprint density at radius 1 is 1.21 bits per heavy atom. The van der Waals surface area contributed by atoms with Gasteiger partial charge in [0, 0.05) is 37.6 Å². The number of carbonyl (C=O) groups excluding carboxylic acids is 1. The number of carbonyl (C=O) groups is 1. The number of hydrogen-bond donors (Lipinski definition) is 1. The van der Waals surface area contributed by atoms with E-state index in [1.165, 1.54) is 21.3 Å². The van der Waals surface area contributed by atoms with E-state index in [-0.39, 0.29) is 10.9 Å². The van der Waals surface area contributed by atoms with Crippen molar-refractivity contribution in [2.45, 2.75) is 11.6 Å². The summed E-state index contributed by atoms with van der Waals surface area (Å²) in [6.45, 7) is 2.83. The molecule has 0 bridgehead atoms. The van der Waals surface area contributed by atoms with Crippen LogP contribution in [0.1, 0.15) is 15.4 Å². The van der Waals surface area contributed by atoms with Crippen LogP contribution >= 0.6 is 27.3 Å². The van der Waals surface area contributed by atoms with Gasteiger partial charge in [-0.25, -0.2) is 8.42 Å². The molecule has 10 heteroatoms. The van der Waals surface area contributed by atoms with E-state index in [4.69, 9.17) is 10.2 Å². The standard InChI is InChI=1S/C14H16BrN3O4S2/c15-12-3-1-10(23-12)9-17-5-7-18(8-6-17)24(20,21)13-4-2-11(22-13)14(16)19/h1-4H,5-9H2,(H2,16,19). The van der Waals surface area contributed by atoms with Crippen LogP contribution < -0.4 is 5.73 Å². The molecule has 0 spiro atoms. The van der Waals surface area contributed by atoms with E-state index in [2.05, 4.69) is 26.9 Å². The Balaban J connectivity index is 1.63. The average molecular weight is 434 g/mol. The van der Waals surface area contributed by atoms with E-state index in [0.29, 0.717) is 26.2 Å². The Morgan fingerprint density at radius 3 is 2.46 bits per heavy atom. The Hall–Kier alpha value is -1.20. The van der Waals surface area contributed by atoms with Crippen molar-refractivity contribution in [1.29, 1.82) is 0 Å². The van der Waals surface area contributed by atoms with Gasteiger partial charge in [0.05, 0.1) is 3.79 Å². The number of primary amides is 1. The topological polar surface area (TPSA) is 96.8 Å². The zero-order valence-corrected chi connectivity index (χ0v) is 15.9. The first-order chi connectivity index (χ1) is 11.4. The number of rotatable bonds is 5. The van der Waals surface area contributed by atoms with Crippen molar-refractivity contribution in [2.75, 3.05) is 26.2 Å². The van der Waals surface area contributed by atoms with E-state index in [0.717, 1.165) is 10.3 Å². The molecule has 0 aromatic carbocycles. The summed E-state index contributed by atoms with van der Waals surface area (Å²) < 4.78 is 32.6. The SMILES string of the molecule is NC(=O)c1ccc(S(=O)(=O)N2CCN(Cc3ccc(Br)s3)CC2)o1. The second-order valence-corrected chi connectivity index (χ2v) is 9.79. The Labute approximate surface area is 152 Å². The molecule has 3 heterocycles. The van der Waals surface area contributed by atoms with Gasteiger partial charge in [0.1, 0.15) is 0 Å². The van der Waals surface area contributed by atoms with E-state index in [9.17, 15) is 13.2 Å². The minimum Gasteiger partial charge on any atom is -0.438 e. The maximum Gasteiger partial charge on any atom is 0.284 e. The predicted molar refractivity (Wildman–Crippen MR) is 93.3 cm³/mol. The van der Waals surface area contributed by atoms with Gasteiger partial charge in [0.2, 0.25) is 5.09 Å². The number of amides is 1. The lowest BCUT2D eigenvalue weighted by molar-refractivity contribution is 0.0968. The summed E-state index contributed by atoms with van der Waals surface area (Å²) in [5.41, 5.74) is 5.09. The molecule has 1 saturated heterocycles. The van der Waals surface area contributed by atoms with Gasteiger partial charge >= 0.3 is 0 Å². The van der Waals surface area contributed by atoms with Crippen LogP contribution in [-0.2, 0) is 16.6 Å². The smallest absolute Gasteiger partial charge is 0.284 e. The van der Waals surface area contributed by atoms with Gasteiger partial charge in [-0.2, -0.15) is 4.31 Å². The Kier molecular flexibility index (Phi) is 5.11. The molecule has 0 unspecified atom stereocenters. The fourth-order valence-electron chi connectivity index (χ4n) is 2.50. The van der Waals surface area contributed by atoms with Crippen LogP contribution in [0.5, 0.6) is 0 Å². The largest absolute Gasteiger partial charge is 0.438 e. The fraction of sp³-hybridized carbons (Fsp3) is 0.357. The lowest BCUT2D eigenvalue weighted by Gasteiger charge is -2.33. The van der Waals surface area contributed by atoms with Crippen LogP contribution in [0.4, 0.5) is 0 Å². The summed E-state index contributed by atoms with van der Waals surface area (Å²) in [6, 6.07) is 6.62. The number of hydrogen-bond acceptors (Lipinski definition) is 6. The first kappa shape index (κ1) is 17.6. The van der Waals surface area contributed by atoms with Crippen LogP contribution in [0.15, 0.2) is 37.6 Å².